The minimum atomic E-state index is -2.02. The summed E-state index contributed by atoms with van der Waals surface area (Å²) in [6.07, 6.45) is 0. The van der Waals surface area contributed by atoms with E-state index in [1.807, 2.05) is 11.8 Å². The van der Waals surface area contributed by atoms with Gasteiger partial charge in [-0.25, -0.2) is 0 Å². The van der Waals surface area contributed by atoms with Crippen LogP contribution < -0.4 is 24.7 Å². The van der Waals surface area contributed by atoms with Gasteiger partial charge in [-0.2, -0.15) is 0 Å². The lowest BCUT2D eigenvalue weighted by molar-refractivity contribution is 0.416. The second-order valence-corrected chi connectivity index (χ2v) is 20.3. The van der Waals surface area contributed by atoms with Crippen molar-refractivity contribution in [2.24, 2.45) is 0 Å². The third-order valence-electron chi connectivity index (χ3n) is 11.0. The van der Waals surface area contributed by atoms with Crippen LogP contribution in [-0.4, -0.2) is 8.07 Å². The van der Waals surface area contributed by atoms with Gasteiger partial charge >= 0.3 is 0 Å². The zero-order valence-corrected chi connectivity index (χ0v) is 30.6. The van der Waals surface area contributed by atoms with Gasteiger partial charge in [-0.3, -0.25) is 0 Å². The van der Waals surface area contributed by atoms with E-state index in [0.29, 0.717) is 0 Å². The molecule has 0 amide bonds. The average Bonchev–Trinajstić information content (AvgIpc) is 3.09. The molecule has 9 rings (SSSR count). The first-order chi connectivity index (χ1) is 23.6. The molecule has 6 aromatic rings. The minimum absolute atomic E-state index is 0.252. The fourth-order valence-electron chi connectivity index (χ4n) is 8.27. The van der Waals surface area contributed by atoms with Gasteiger partial charge in [0.25, 0.3) is 0 Å². The van der Waals surface area contributed by atoms with Crippen molar-refractivity contribution in [2.75, 3.05) is 4.90 Å². The number of hydrogen-bond acceptors (Lipinski definition) is 4. The Kier molecular flexibility index (Phi) is 6.59. The van der Waals surface area contributed by atoms with Gasteiger partial charge in [0.15, 0.2) is 11.5 Å². The number of para-hydroxylation sites is 4. The number of rotatable bonds is 3. The monoisotopic (exact) mass is 673 g/mol. The topological polar surface area (TPSA) is 21.7 Å². The highest BCUT2D eigenvalue weighted by atomic mass is 32.2. The Balaban J connectivity index is 1.34. The molecule has 5 heteroatoms. The molecule has 0 aliphatic carbocycles. The van der Waals surface area contributed by atoms with E-state index in [0.717, 1.165) is 40.1 Å². The third-order valence-corrected chi connectivity index (χ3v) is 16.2. The summed E-state index contributed by atoms with van der Waals surface area (Å²) in [5.74, 6) is 3.57. The molecule has 0 unspecified atom stereocenters. The number of hydrogen-bond donors (Lipinski definition) is 0. The lowest BCUT2D eigenvalue weighted by Gasteiger charge is -2.41. The SMILES string of the molecule is CC1(C)c2ccccc2Oc2c(N(c3cccc4c3Oc3ccccc3C4(C)C)c3cccc4c3Sc3ccccc3[Si]4(C)C)cccc21. The Morgan fingerprint density at radius 3 is 1.53 bits per heavy atom. The molecule has 3 heterocycles. The fourth-order valence-corrected chi connectivity index (χ4v) is 13.8. The molecule has 0 bridgehead atoms. The predicted octanol–water partition coefficient (Wildman–Crippen LogP) is 11.3. The molecule has 0 fully saturated rings. The van der Waals surface area contributed by atoms with E-state index in [1.165, 1.54) is 42.4 Å². The molecule has 49 heavy (non-hydrogen) atoms. The average molecular weight is 674 g/mol. The first-order valence-corrected chi connectivity index (χ1v) is 20.9. The molecule has 3 nitrogen and oxygen atoms in total. The molecule has 0 radical (unpaired) electrons. The molecule has 242 valence electrons. The highest BCUT2D eigenvalue weighted by Gasteiger charge is 2.42. The van der Waals surface area contributed by atoms with Gasteiger partial charge < -0.3 is 14.4 Å². The molecular formula is C44H39NO2SSi. The van der Waals surface area contributed by atoms with E-state index in [-0.39, 0.29) is 10.8 Å². The Bertz CT molecular complexity index is 2060. The quantitative estimate of drug-likeness (QED) is 0.174. The Morgan fingerprint density at radius 1 is 0.490 bits per heavy atom. The van der Waals surface area contributed by atoms with Gasteiger partial charge in [-0.15, -0.1) is 0 Å². The molecule has 0 atom stereocenters. The molecule has 0 N–H and O–H groups in total. The van der Waals surface area contributed by atoms with E-state index < -0.39 is 8.07 Å². The smallest absolute Gasteiger partial charge is 0.155 e. The summed E-state index contributed by atoms with van der Waals surface area (Å²) in [5.41, 5.74) is 7.37. The summed E-state index contributed by atoms with van der Waals surface area (Å²) in [5, 5.41) is 2.94. The van der Waals surface area contributed by atoms with Crippen LogP contribution in [0.5, 0.6) is 23.0 Å². The van der Waals surface area contributed by atoms with Crippen molar-refractivity contribution in [3.63, 3.8) is 0 Å². The Labute approximate surface area is 294 Å². The van der Waals surface area contributed by atoms with Gasteiger partial charge in [0.05, 0.1) is 17.1 Å². The van der Waals surface area contributed by atoms with Crippen LogP contribution in [0.2, 0.25) is 13.1 Å². The molecule has 6 aromatic carbocycles. The van der Waals surface area contributed by atoms with E-state index in [1.54, 1.807) is 0 Å². The van der Waals surface area contributed by atoms with E-state index >= 15 is 0 Å². The van der Waals surface area contributed by atoms with Crippen molar-refractivity contribution in [3.8, 4) is 23.0 Å². The second-order valence-electron chi connectivity index (χ2n) is 15.0. The van der Waals surface area contributed by atoms with Crippen LogP contribution in [-0.2, 0) is 10.8 Å². The molecule has 0 spiro atoms. The van der Waals surface area contributed by atoms with E-state index in [9.17, 15) is 0 Å². The summed E-state index contributed by atoms with van der Waals surface area (Å²) >= 11 is 1.89. The fraction of sp³-hybridized carbons (Fsp3) is 0.182. The number of benzene rings is 6. The van der Waals surface area contributed by atoms with Gasteiger partial charge in [0.2, 0.25) is 0 Å². The van der Waals surface area contributed by atoms with Crippen molar-refractivity contribution in [2.45, 2.75) is 61.4 Å². The van der Waals surface area contributed by atoms with Crippen molar-refractivity contribution >= 4 is 47.3 Å². The van der Waals surface area contributed by atoms with Crippen molar-refractivity contribution in [1.82, 2.24) is 0 Å². The van der Waals surface area contributed by atoms with Gasteiger partial charge in [0, 0.05) is 42.9 Å². The second kappa shape index (κ2) is 10.6. The number of nitrogens with zero attached hydrogens (tertiary/aromatic N) is 1. The maximum Gasteiger partial charge on any atom is 0.155 e. The zero-order chi connectivity index (χ0) is 33.7. The van der Waals surface area contributed by atoms with E-state index in [2.05, 4.69) is 173 Å². The van der Waals surface area contributed by atoms with Crippen LogP contribution in [0.1, 0.15) is 49.9 Å². The molecule has 3 aliphatic rings. The van der Waals surface area contributed by atoms with Gasteiger partial charge in [-0.05, 0) is 46.8 Å². The largest absolute Gasteiger partial charge is 0.455 e. The summed E-state index contributed by atoms with van der Waals surface area (Å²) in [4.78, 5) is 5.08. The summed E-state index contributed by atoms with van der Waals surface area (Å²) in [6.45, 7) is 14.2. The van der Waals surface area contributed by atoms with Gasteiger partial charge in [-0.1, -0.05) is 144 Å². The highest BCUT2D eigenvalue weighted by molar-refractivity contribution is 8.00. The van der Waals surface area contributed by atoms with Crippen LogP contribution in [0.25, 0.3) is 0 Å². The molecule has 0 aromatic heterocycles. The maximum atomic E-state index is 6.97. The standard InChI is InChI=1S/C44H39NO2SSi/c1-43(2)28-16-7-9-23-35(28)46-40-30(43)18-13-20-32(40)45(33-21-14-19-31-41(33)47-36-24-10-8-17-29(36)44(31,3)4)34-22-15-27-39-42(34)48-37-25-11-12-26-38(37)49(39,5)6/h7-27H,1-6H3. The highest BCUT2D eigenvalue weighted by Crippen LogP contribution is 2.58. The third kappa shape index (κ3) is 4.35. The van der Waals surface area contributed by atoms with E-state index in [4.69, 9.17) is 9.47 Å². The van der Waals surface area contributed by atoms with Crippen molar-refractivity contribution < 1.29 is 9.47 Å². The molecule has 3 aliphatic heterocycles. The normalized spacial score (nSPS) is 16.7. The van der Waals surface area contributed by atoms with Crippen LogP contribution in [0, 0.1) is 0 Å². The summed E-state index contributed by atoms with van der Waals surface area (Å²) in [7, 11) is -2.02. The Morgan fingerprint density at radius 2 is 0.939 bits per heavy atom. The molecular weight excluding hydrogens is 635 g/mol. The number of ether oxygens (including phenoxy) is 2. The first-order valence-electron chi connectivity index (χ1n) is 17.1. The number of anilines is 3. The first kappa shape index (κ1) is 30.4. The van der Waals surface area contributed by atoms with Crippen LogP contribution >= 0.6 is 11.8 Å². The number of fused-ring (bicyclic) bond motifs is 6. The maximum absolute atomic E-state index is 6.97. The minimum Gasteiger partial charge on any atom is -0.455 e. The van der Waals surface area contributed by atoms with Gasteiger partial charge in [0.1, 0.15) is 19.6 Å². The summed E-state index contributed by atoms with van der Waals surface area (Å²) < 4.78 is 13.9. The van der Waals surface area contributed by atoms with Crippen LogP contribution in [0.15, 0.2) is 137 Å². The molecule has 0 saturated heterocycles. The summed E-state index contributed by atoms with van der Waals surface area (Å²) in [6, 6.07) is 46.1. The zero-order valence-electron chi connectivity index (χ0n) is 28.8. The van der Waals surface area contributed by atoms with Crippen molar-refractivity contribution in [3.05, 3.63) is 150 Å². The lowest BCUT2D eigenvalue weighted by atomic mass is 9.75. The predicted molar refractivity (Wildman–Crippen MR) is 206 cm³/mol. The lowest BCUT2D eigenvalue weighted by Crippen LogP contribution is -2.56. The van der Waals surface area contributed by atoms with Crippen LogP contribution in [0.3, 0.4) is 0 Å². The Hall–Kier alpha value is -4.71. The van der Waals surface area contributed by atoms with Crippen molar-refractivity contribution in [1.29, 1.82) is 0 Å². The molecule has 0 saturated carbocycles. The van der Waals surface area contributed by atoms with Crippen LogP contribution in [0.4, 0.5) is 17.1 Å².